The van der Waals surface area contributed by atoms with Crippen molar-refractivity contribution in [3.63, 3.8) is 0 Å². The van der Waals surface area contributed by atoms with Crippen LogP contribution >= 0.6 is 8.25 Å². The highest BCUT2D eigenvalue weighted by atomic mass is 31.1. The van der Waals surface area contributed by atoms with Gasteiger partial charge in [-0.2, -0.15) is 0 Å². The lowest BCUT2D eigenvalue weighted by molar-refractivity contribution is -0.151. The maximum Gasteiger partial charge on any atom is 0.694 e. The van der Waals surface area contributed by atoms with E-state index >= 15 is 0 Å². The van der Waals surface area contributed by atoms with Gasteiger partial charge in [-0.25, -0.2) is 4.79 Å². The Labute approximate surface area is 96.2 Å². The molecule has 0 aliphatic carbocycles. The van der Waals surface area contributed by atoms with Crippen molar-refractivity contribution in [2.24, 2.45) is 0 Å². The Morgan fingerprint density at radius 2 is 1.71 bits per heavy atom. The van der Waals surface area contributed by atoms with E-state index < -0.39 is 51.3 Å². The molecule has 0 aliphatic rings. The van der Waals surface area contributed by atoms with Crippen LogP contribution in [0.1, 0.15) is 6.42 Å². The molecule has 0 fully saturated rings. The summed E-state index contributed by atoms with van der Waals surface area (Å²) in [4.78, 5) is 29.1. The Bertz CT molecular complexity index is 304. The SMILES string of the molecule is O=C(O)C(=O)C[C@@H](O)[C@H](O)[C@H](O)CO[P+](=O)O. The largest absolute Gasteiger partial charge is 0.694 e. The van der Waals surface area contributed by atoms with Crippen LogP contribution in [0.25, 0.3) is 0 Å². The summed E-state index contributed by atoms with van der Waals surface area (Å²) in [6.07, 6.45) is -6.29. The van der Waals surface area contributed by atoms with E-state index in [0.29, 0.717) is 0 Å². The summed E-state index contributed by atoms with van der Waals surface area (Å²) in [6.45, 7) is -0.745. The first-order valence-corrected chi connectivity index (χ1v) is 5.48. The highest BCUT2D eigenvalue weighted by Crippen LogP contribution is 2.16. The molecule has 0 amide bonds. The molecule has 0 saturated carbocycles. The zero-order valence-electron chi connectivity index (χ0n) is 8.46. The average Bonchev–Trinajstić information content (AvgIpc) is 2.24. The standard InChI is InChI=1S/C7H11O9P/c8-3(1-4(9)7(12)13)6(11)5(10)2-16-17(14)15/h3,5-6,8,10-11H,1-2H2,(H-,12,13,14,15)/p+1/t3-,5-,6+/m1/s1. The van der Waals surface area contributed by atoms with Gasteiger partial charge in [-0.05, 0) is 0 Å². The van der Waals surface area contributed by atoms with Crippen molar-refractivity contribution in [2.75, 3.05) is 6.61 Å². The lowest BCUT2D eigenvalue weighted by atomic mass is 10.0. The Kier molecular flexibility index (Phi) is 6.97. The smallest absolute Gasteiger partial charge is 0.475 e. The Morgan fingerprint density at radius 3 is 2.12 bits per heavy atom. The maximum absolute atomic E-state index is 10.7. The van der Waals surface area contributed by atoms with E-state index in [1.54, 1.807) is 0 Å². The quantitative estimate of drug-likeness (QED) is 0.243. The molecule has 10 heteroatoms. The van der Waals surface area contributed by atoms with Crippen molar-refractivity contribution in [3.8, 4) is 0 Å². The third-order valence-electron chi connectivity index (χ3n) is 1.78. The van der Waals surface area contributed by atoms with Gasteiger partial charge in [0.15, 0.2) is 0 Å². The van der Waals surface area contributed by atoms with Crippen molar-refractivity contribution in [2.45, 2.75) is 24.7 Å². The Balaban J connectivity index is 4.19. The molecule has 0 rings (SSSR count). The average molecular weight is 271 g/mol. The van der Waals surface area contributed by atoms with Crippen LogP contribution in [0.15, 0.2) is 0 Å². The third-order valence-corrected chi connectivity index (χ3v) is 2.15. The number of carbonyl (C=O) groups is 2. The van der Waals surface area contributed by atoms with Crippen molar-refractivity contribution < 1.29 is 44.0 Å². The predicted octanol–water partition coefficient (Wildman–Crippen LogP) is -2.22. The Morgan fingerprint density at radius 1 is 1.18 bits per heavy atom. The summed E-state index contributed by atoms with van der Waals surface area (Å²) in [5.41, 5.74) is 0. The van der Waals surface area contributed by atoms with Crippen LogP contribution in [0.5, 0.6) is 0 Å². The fourth-order valence-electron chi connectivity index (χ4n) is 0.893. The number of rotatable bonds is 8. The minimum absolute atomic E-state index is 0.745. The van der Waals surface area contributed by atoms with Crippen molar-refractivity contribution in [1.29, 1.82) is 0 Å². The van der Waals surface area contributed by atoms with Gasteiger partial charge in [0.1, 0.15) is 18.8 Å². The molecular formula is C7H12O9P+. The van der Waals surface area contributed by atoms with E-state index in [2.05, 4.69) is 4.52 Å². The maximum atomic E-state index is 10.7. The molecule has 0 saturated heterocycles. The van der Waals surface area contributed by atoms with E-state index in [1.807, 2.05) is 0 Å². The molecule has 5 N–H and O–H groups in total. The summed E-state index contributed by atoms with van der Waals surface area (Å²) in [5.74, 6) is -3.11. The van der Waals surface area contributed by atoms with Crippen LogP contribution in [-0.2, 0) is 18.7 Å². The molecule has 0 aliphatic heterocycles. The van der Waals surface area contributed by atoms with E-state index in [-0.39, 0.29) is 0 Å². The van der Waals surface area contributed by atoms with Gasteiger partial charge in [0.2, 0.25) is 5.78 Å². The molecule has 17 heavy (non-hydrogen) atoms. The number of aliphatic hydroxyl groups excluding tert-OH is 3. The lowest BCUT2D eigenvalue weighted by Gasteiger charge is -2.19. The zero-order chi connectivity index (χ0) is 13.6. The van der Waals surface area contributed by atoms with Gasteiger partial charge < -0.3 is 20.4 Å². The van der Waals surface area contributed by atoms with Crippen molar-refractivity contribution in [3.05, 3.63) is 0 Å². The van der Waals surface area contributed by atoms with Crippen LogP contribution in [0.4, 0.5) is 0 Å². The van der Waals surface area contributed by atoms with E-state index in [9.17, 15) is 24.4 Å². The highest BCUT2D eigenvalue weighted by molar-refractivity contribution is 7.32. The van der Waals surface area contributed by atoms with Crippen LogP contribution in [0.3, 0.4) is 0 Å². The van der Waals surface area contributed by atoms with Gasteiger partial charge in [-0.15, -0.1) is 9.42 Å². The number of aliphatic hydroxyl groups is 3. The molecule has 4 atom stereocenters. The second kappa shape index (κ2) is 7.38. The number of hydrogen-bond donors (Lipinski definition) is 5. The van der Waals surface area contributed by atoms with Gasteiger partial charge in [-0.1, -0.05) is 0 Å². The molecule has 0 bridgehead atoms. The number of aliphatic carboxylic acids is 1. The minimum Gasteiger partial charge on any atom is -0.475 e. The molecule has 0 heterocycles. The van der Waals surface area contributed by atoms with Crippen LogP contribution in [0.2, 0.25) is 0 Å². The molecule has 0 aromatic carbocycles. The van der Waals surface area contributed by atoms with E-state index in [0.717, 1.165) is 0 Å². The monoisotopic (exact) mass is 271 g/mol. The summed E-state index contributed by atoms with van der Waals surface area (Å²) < 4.78 is 14.2. The molecule has 0 aromatic heterocycles. The highest BCUT2D eigenvalue weighted by Gasteiger charge is 2.30. The van der Waals surface area contributed by atoms with Crippen LogP contribution in [0, 0.1) is 0 Å². The summed E-state index contributed by atoms with van der Waals surface area (Å²) in [5, 5.41) is 35.8. The number of ketones is 1. The molecule has 0 spiro atoms. The van der Waals surface area contributed by atoms with Gasteiger partial charge in [-0.3, -0.25) is 4.79 Å². The predicted molar refractivity (Wildman–Crippen MR) is 51.1 cm³/mol. The van der Waals surface area contributed by atoms with Crippen molar-refractivity contribution in [1.82, 2.24) is 0 Å². The fourth-order valence-corrected chi connectivity index (χ4v) is 1.17. The summed E-state index contributed by atoms with van der Waals surface area (Å²) in [6, 6.07) is 0. The lowest BCUT2D eigenvalue weighted by Crippen LogP contribution is -2.41. The molecule has 0 aromatic rings. The third kappa shape index (κ3) is 6.37. The molecule has 9 nitrogen and oxygen atoms in total. The van der Waals surface area contributed by atoms with E-state index in [4.69, 9.17) is 15.1 Å². The van der Waals surface area contributed by atoms with Gasteiger partial charge in [0, 0.05) is 11.0 Å². The topological polar surface area (TPSA) is 162 Å². The van der Waals surface area contributed by atoms with Crippen LogP contribution < -0.4 is 0 Å². The van der Waals surface area contributed by atoms with Gasteiger partial charge in [0.25, 0.3) is 0 Å². The molecule has 0 radical (unpaired) electrons. The first-order valence-electron chi connectivity index (χ1n) is 4.35. The second-order valence-electron chi connectivity index (χ2n) is 3.09. The molecule has 1 unspecified atom stereocenters. The second-order valence-corrected chi connectivity index (χ2v) is 3.83. The number of carbonyl (C=O) groups excluding carboxylic acids is 1. The Hall–Kier alpha value is -0.960. The summed E-state index contributed by atoms with van der Waals surface area (Å²) in [7, 11) is -2.97. The van der Waals surface area contributed by atoms with Crippen molar-refractivity contribution >= 4 is 20.0 Å². The zero-order valence-corrected chi connectivity index (χ0v) is 9.36. The van der Waals surface area contributed by atoms with Gasteiger partial charge in [0.05, 0.1) is 6.10 Å². The number of carboxylic acids is 1. The first kappa shape index (κ1) is 16.0. The number of Topliss-reactive ketones (excluding diaryl/α,β-unsaturated/α-hetero) is 1. The van der Waals surface area contributed by atoms with E-state index in [1.165, 1.54) is 0 Å². The van der Waals surface area contributed by atoms with Crippen LogP contribution in [-0.4, -0.2) is 62.0 Å². The fraction of sp³-hybridized carbons (Fsp3) is 0.714. The first-order chi connectivity index (χ1) is 7.75. The normalized spacial score (nSPS) is 17.1. The molecular weight excluding hydrogens is 259 g/mol. The number of carboxylic acid groups (broad SMARTS) is 1. The van der Waals surface area contributed by atoms with Gasteiger partial charge >= 0.3 is 14.2 Å². The number of hydrogen-bond acceptors (Lipinski definition) is 7. The molecule has 98 valence electrons. The minimum atomic E-state index is -2.97. The summed E-state index contributed by atoms with van der Waals surface area (Å²) >= 11 is 0.